The van der Waals surface area contributed by atoms with Gasteiger partial charge in [-0.05, 0) is 104 Å². The van der Waals surface area contributed by atoms with Crippen molar-refractivity contribution < 1.29 is 19.8 Å². The van der Waals surface area contributed by atoms with E-state index < -0.39 is 17.4 Å². The zero-order valence-electron chi connectivity index (χ0n) is 21.7. The van der Waals surface area contributed by atoms with E-state index in [1.165, 1.54) is 24.5 Å². The standard InChI is InChI=1S/C15H24O2.C14H20O2/c1-13(2)9(6-11-8-15(11,13)4)5-10-7-14(10,3)12(16)17;1-10-4-5-11(13(10,2)3)14(8-9-14)7-6-12(15)16/h9-11H,5-8H2,1-4H3,(H,16,17);4,6-7,11H,5,8-9H2,1-3H3,(H,15,16). The third kappa shape index (κ3) is 3.90. The molecule has 4 saturated carbocycles. The molecule has 0 spiro atoms. The van der Waals surface area contributed by atoms with Gasteiger partial charge in [-0.25, -0.2) is 4.79 Å². The van der Waals surface area contributed by atoms with E-state index in [0.717, 1.165) is 43.9 Å². The van der Waals surface area contributed by atoms with E-state index in [-0.39, 0.29) is 10.8 Å². The molecule has 0 radical (unpaired) electrons. The molecular weight excluding hydrogens is 412 g/mol. The molecule has 0 heterocycles. The molecule has 2 N–H and O–H groups in total. The van der Waals surface area contributed by atoms with Gasteiger partial charge in [-0.15, -0.1) is 0 Å². The normalized spacial score (nSPS) is 42.7. The highest BCUT2D eigenvalue weighted by molar-refractivity contribution is 5.80. The van der Waals surface area contributed by atoms with Crippen LogP contribution in [0.3, 0.4) is 0 Å². The molecule has 0 aromatic carbocycles. The minimum absolute atomic E-state index is 0.163. The second-order valence-corrected chi connectivity index (χ2v) is 13.6. The molecule has 5 rings (SSSR count). The lowest BCUT2D eigenvalue weighted by atomic mass is 9.69. The van der Waals surface area contributed by atoms with Crippen LogP contribution in [0.4, 0.5) is 0 Å². The van der Waals surface area contributed by atoms with Gasteiger partial charge in [0.2, 0.25) is 0 Å². The zero-order chi connectivity index (χ0) is 24.6. The Morgan fingerprint density at radius 2 is 1.67 bits per heavy atom. The molecule has 5 aliphatic rings. The van der Waals surface area contributed by atoms with E-state index in [9.17, 15) is 14.7 Å². The van der Waals surface area contributed by atoms with Crippen molar-refractivity contribution in [1.29, 1.82) is 0 Å². The van der Waals surface area contributed by atoms with Crippen molar-refractivity contribution in [1.82, 2.24) is 0 Å². The number of hydrogen-bond acceptors (Lipinski definition) is 2. The smallest absolute Gasteiger partial charge is 0.327 e. The molecule has 0 saturated heterocycles. The van der Waals surface area contributed by atoms with Crippen LogP contribution in [0.5, 0.6) is 0 Å². The monoisotopic (exact) mass is 456 g/mol. The van der Waals surface area contributed by atoms with Gasteiger partial charge in [0.25, 0.3) is 0 Å². The number of carboxylic acids is 2. The summed E-state index contributed by atoms with van der Waals surface area (Å²) in [6.45, 7) is 15.9. The number of aliphatic carboxylic acids is 2. The van der Waals surface area contributed by atoms with Gasteiger partial charge < -0.3 is 10.2 Å². The minimum Gasteiger partial charge on any atom is -0.481 e. The van der Waals surface area contributed by atoms with Crippen molar-refractivity contribution >= 4 is 11.9 Å². The Kier molecular flexibility index (Phi) is 5.55. The summed E-state index contributed by atoms with van der Waals surface area (Å²) < 4.78 is 0. The number of hydrogen-bond donors (Lipinski definition) is 2. The first-order valence-corrected chi connectivity index (χ1v) is 12.9. The summed E-state index contributed by atoms with van der Waals surface area (Å²) in [6, 6.07) is 0. The predicted molar refractivity (Wildman–Crippen MR) is 131 cm³/mol. The first-order chi connectivity index (χ1) is 15.1. The summed E-state index contributed by atoms with van der Waals surface area (Å²) in [5, 5.41) is 17.9. The fourth-order valence-corrected chi connectivity index (χ4v) is 7.58. The lowest BCUT2D eigenvalue weighted by molar-refractivity contribution is -0.143. The number of allylic oxidation sites excluding steroid dienone is 3. The lowest BCUT2D eigenvalue weighted by Gasteiger charge is -2.35. The summed E-state index contributed by atoms with van der Waals surface area (Å²) in [5.74, 6) is 1.28. The van der Waals surface area contributed by atoms with Crippen molar-refractivity contribution in [3.63, 3.8) is 0 Å². The third-order valence-corrected chi connectivity index (χ3v) is 11.6. The summed E-state index contributed by atoms with van der Waals surface area (Å²) in [5.41, 5.74) is 2.41. The van der Waals surface area contributed by atoms with Crippen LogP contribution in [0.15, 0.2) is 23.8 Å². The molecule has 33 heavy (non-hydrogen) atoms. The van der Waals surface area contributed by atoms with Crippen molar-refractivity contribution in [2.45, 2.75) is 93.4 Å². The maximum atomic E-state index is 11.2. The number of carboxylic acid groups (broad SMARTS) is 2. The molecule has 4 heteroatoms. The van der Waals surface area contributed by atoms with Crippen LogP contribution < -0.4 is 0 Å². The van der Waals surface area contributed by atoms with E-state index in [1.807, 2.05) is 13.0 Å². The first-order valence-electron chi connectivity index (χ1n) is 12.9. The van der Waals surface area contributed by atoms with Crippen LogP contribution in [-0.2, 0) is 9.59 Å². The Balaban J connectivity index is 0.000000157. The van der Waals surface area contributed by atoms with Gasteiger partial charge in [0.1, 0.15) is 0 Å². The van der Waals surface area contributed by atoms with Gasteiger partial charge in [0.05, 0.1) is 5.41 Å². The quantitative estimate of drug-likeness (QED) is 0.335. The van der Waals surface area contributed by atoms with Gasteiger partial charge >= 0.3 is 11.9 Å². The molecule has 6 atom stereocenters. The van der Waals surface area contributed by atoms with Crippen molar-refractivity contribution in [2.75, 3.05) is 0 Å². The molecule has 4 fully saturated rings. The van der Waals surface area contributed by atoms with E-state index in [2.05, 4.69) is 47.6 Å². The Morgan fingerprint density at radius 1 is 1.03 bits per heavy atom. The molecule has 5 aliphatic carbocycles. The van der Waals surface area contributed by atoms with Crippen LogP contribution in [0.25, 0.3) is 0 Å². The summed E-state index contributed by atoms with van der Waals surface area (Å²) in [4.78, 5) is 21.8. The fraction of sp³-hybridized carbons (Fsp3) is 0.793. The molecule has 184 valence electrons. The molecule has 0 bridgehead atoms. The third-order valence-electron chi connectivity index (χ3n) is 11.6. The molecule has 0 aromatic heterocycles. The highest BCUT2D eigenvalue weighted by Gasteiger charge is 2.68. The van der Waals surface area contributed by atoms with Gasteiger partial charge in [-0.2, -0.15) is 0 Å². The predicted octanol–water partition coefficient (Wildman–Crippen LogP) is 6.96. The van der Waals surface area contributed by atoms with Crippen LogP contribution in [0, 0.1) is 50.7 Å². The first kappa shape index (κ1) is 24.5. The van der Waals surface area contributed by atoms with Gasteiger partial charge in [0, 0.05) is 6.08 Å². The van der Waals surface area contributed by atoms with Crippen molar-refractivity contribution in [3.8, 4) is 0 Å². The molecule has 0 aromatic rings. The summed E-state index contributed by atoms with van der Waals surface area (Å²) >= 11 is 0. The summed E-state index contributed by atoms with van der Waals surface area (Å²) in [6.07, 6.45) is 13.8. The lowest BCUT2D eigenvalue weighted by Crippen LogP contribution is -2.29. The van der Waals surface area contributed by atoms with Crippen molar-refractivity contribution in [3.05, 3.63) is 23.8 Å². The molecule has 4 nitrogen and oxygen atoms in total. The SMILES string of the molecule is CC1(C(=O)O)CC1CC1CC2CC2(C)C1(C)C.CC1=CCC(C2(C=CC(=O)O)CC2)C1(C)C. The molecule has 0 aliphatic heterocycles. The fourth-order valence-electron chi connectivity index (χ4n) is 7.58. The topological polar surface area (TPSA) is 74.6 Å². The maximum absolute atomic E-state index is 11.2. The molecular formula is C29H44O4. The number of rotatable bonds is 6. The van der Waals surface area contributed by atoms with Crippen LogP contribution in [0.1, 0.15) is 93.4 Å². The average molecular weight is 457 g/mol. The second kappa shape index (κ2) is 7.46. The van der Waals surface area contributed by atoms with Gasteiger partial charge in [0.15, 0.2) is 0 Å². The maximum Gasteiger partial charge on any atom is 0.327 e. The Labute approximate surface area is 199 Å². The zero-order valence-corrected chi connectivity index (χ0v) is 21.7. The van der Waals surface area contributed by atoms with Gasteiger partial charge in [-0.1, -0.05) is 52.3 Å². The second-order valence-electron chi connectivity index (χ2n) is 13.6. The summed E-state index contributed by atoms with van der Waals surface area (Å²) in [7, 11) is 0. The molecule has 0 amide bonds. The Hall–Kier alpha value is -1.58. The number of carbonyl (C=O) groups is 2. The van der Waals surface area contributed by atoms with E-state index >= 15 is 0 Å². The van der Waals surface area contributed by atoms with Crippen LogP contribution in [-0.4, -0.2) is 22.2 Å². The van der Waals surface area contributed by atoms with Crippen molar-refractivity contribution in [2.24, 2.45) is 50.7 Å². The Morgan fingerprint density at radius 3 is 2.06 bits per heavy atom. The Bertz CT molecular complexity index is 905. The minimum atomic E-state index is -0.827. The van der Waals surface area contributed by atoms with Crippen LogP contribution >= 0.6 is 0 Å². The van der Waals surface area contributed by atoms with E-state index in [4.69, 9.17) is 5.11 Å². The van der Waals surface area contributed by atoms with Gasteiger partial charge in [-0.3, -0.25) is 4.79 Å². The van der Waals surface area contributed by atoms with E-state index in [0.29, 0.717) is 22.7 Å². The van der Waals surface area contributed by atoms with E-state index in [1.54, 1.807) is 0 Å². The highest BCUT2D eigenvalue weighted by atomic mass is 16.4. The number of fused-ring (bicyclic) bond motifs is 1. The average Bonchev–Trinajstić information content (AvgIpc) is 3.64. The largest absolute Gasteiger partial charge is 0.481 e. The highest BCUT2D eigenvalue weighted by Crippen LogP contribution is 2.75. The van der Waals surface area contributed by atoms with Crippen LogP contribution in [0.2, 0.25) is 0 Å². The molecule has 6 unspecified atom stereocenters.